The van der Waals surface area contributed by atoms with Gasteiger partial charge >= 0.3 is 0 Å². The summed E-state index contributed by atoms with van der Waals surface area (Å²) in [6.07, 6.45) is -1.20. The van der Waals surface area contributed by atoms with E-state index >= 15 is 0 Å². The summed E-state index contributed by atoms with van der Waals surface area (Å²) in [5.74, 6) is -0.396. The van der Waals surface area contributed by atoms with Crippen LogP contribution in [0.1, 0.15) is 20.3 Å². The van der Waals surface area contributed by atoms with Crippen LogP contribution in [-0.4, -0.2) is 52.1 Å². The molecular formula is C15H20O5. The Hall–Kier alpha value is -1.01. The molecule has 5 nitrogen and oxygen atoms in total. The van der Waals surface area contributed by atoms with Crippen molar-refractivity contribution in [3.8, 4) is 0 Å². The van der Waals surface area contributed by atoms with Crippen molar-refractivity contribution in [1.82, 2.24) is 0 Å². The highest BCUT2D eigenvalue weighted by molar-refractivity contribution is 6.00. The molecule has 1 heterocycles. The van der Waals surface area contributed by atoms with E-state index in [9.17, 15) is 20.1 Å². The number of fused-ring (bicyclic) bond motifs is 4. The van der Waals surface area contributed by atoms with Gasteiger partial charge in [-0.15, -0.1) is 0 Å². The number of aliphatic hydroxyl groups excluding tert-OH is 3. The molecule has 1 aliphatic heterocycles. The highest BCUT2D eigenvalue weighted by Crippen LogP contribution is 2.63. The molecule has 2 bridgehead atoms. The van der Waals surface area contributed by atoms with E-state index in [-0.39, 0.29) is 0 Å². The molecule has 2 aliphatic carbocycles. The number of carbonyl (C=O) groups is 1. The number of rotatable bonds is 1. The molecule has 0 spiro atoms. The molecule has 0 aromatic carbocycles. The standard InChI is InChI=1S/C15H20O5/c1-7-4-10-15(6-16,13(19)11(7)18)14(3)5-9(17)12(20-10)8(14)2/h4,9-10,12-13,16-17,19H,2,5-6H2,1,3H3/t9-,10-,12+,13-,14+,15-/m1/s1. The zero-order valence-corrected chi connectivity index (χ0v) is 11.7. The third-order valence-corrected chi connectivity index (χ3v) is 5.64. The third-order valence-electron chi connectivity index (χ3n) is 5.64. The summed E-state index contributed by atoms with van der Waals surface area (Å²) in [4.78, 5) is 12.2. The van der Waals surface area contributed by atoms with Crippen molar-refractivity contribution in [3.63, 3.8) is 0 Å². The second-order valence-electron chi connectivity index (χ2n) is 6.42. The molecule has 1 saturated carbocycles. The van der Waals surface area contributed by atoms with Gasteiger partial charge in [-0.3, -0.25) is 4.79 Å². The van der Waals surface area contributed by atoms with Gasteiger partial charge in [0.1, 0.15) is 12.2 Å². The normalized spacial score (nSPS) is 51.0. The highest BCUT2D eigenvalue weighted by atomic mass is 16.5. The molecule has 1 saturated heterocycles. The Morgan fingerprint density at radius 1 is 1.50 bits per heavy atom. The van der Waals surface area contributed by atoms with Crippen LogP contribution in [0.2, 0.25) is 0 Å². The van der Waals surface area contributed by atoms with Gasteiger partial charge in [-0.1, -0.05) is 13.5 Å². The fraction of sp³-hybridized carbons (Fsp3) is 0.667. The lowest BCUT2D eigenvalue weighted by Gasteiger charge is -2.56. The molecule has 2 fully saturated rings. The van der Waals surface area contributed by atoms with E-state index in [4.69, 9.17) is 4.74 Å². The first-order valence-corrected chi connectivity index (χ1v) is 6.84. The van der Waals surface area contributed by atoms with Crippen molar-refractivity contribution < 1.29 is 24.9 Å². The third kappa shape index (κ3) is 1.29. The largest absolute Gasteiger partial charge is 0.396 e. The number of carbonyl (C=O) groups excluding carboxylic acids is 1. The van der Waals surface area contributed by atoms with Gasteiger partial charge < -0.3 is 20.1 Å². The summed E-state index contributed by atoms with van der Waals surface area (Å²) in [6.45, 7) is 7.05. The second kappa shape index (κ2) is 4.01. The van der Waals surface area contributed by atoms with Gasteiger partial charge in [0.25, 0.3) is 0 Å². The van der Waals surface area contributed by atoms with E-state index in [0.717, 1.165) is 0 Å². The first-order chi connectivity index (χ1) is 9.29. The summed E-state index contributed by atoms with van der Waals surface area (Å²) < 4.78 is 5.86. The number of Topliss-reactive ketones (excluding diaryl/α,β-unsaturated/α-hetero) is 1. The Balaban J connectivity index is 2.23. The minimum Gasteiger partial charge on any atom is -0.396 e. The van der Waals surface area contributed by atoms with E-state index in [1.165, 1.54) is 0 Å². The molecule has 3 rings (SSSR count). The topological polar surface area (TPSA) is 87.0 Å². The van der Waals surface area contributed by atoms with Gasteiger partial charge in [0.2, 0.25) is 0 Å². The van der Waals surface area contributed by atoms with Crippen LogP contribution < -0.4 is 0 Å². The van der Waals surface area contributed by atoms with Crippen LogP contribution >= 0.6 is 0 Å². The van der Waals surface area contributed by atoms with E-state index in [2.05, 4.69) is 6.58 Å². The number of aliphatic hydroxyl groups is 3. The molecule has 5 heteroatoms. The smallest absolute Gasteiger partial charge is 0.187 e. The SMILES string of the molecule is C=C1[C@@H]2O[C@@H]3C=C(C)C(=O)[C@@H](O)[C@]3(CO)[C@@]1(C)C[C@H]2O. The Bertz CT molecular complexity index is 524. The minimum atomic E-state index is -1.35. The lowest BCUT2D eigenvalue weighted by Crippen LogP contribution is -2.65. The quantitative estimate of drug-likeness (QED) is 0.586. The monoisotopic (exact) mass is 280 g/mol. The average molecular weight is 280 g/mol. The van der Waals surface area contributed by atoms with Crippen molar-refractivity contribution >= 4 is 5.78 Å². The molecule has 20 heavy (non-hydrogen) atoms. The molecule has 0 amide bonds. The van der Waals surface area contributed by atoms with Crippen molar-refractivity contribution in [3.05, 3.63) is 23.8 Å². The highest BCUT2D eigenvalue weighted by Gasteiger charge is 2.69. The molecule has 3 N–H and O–H groups in total. The molecule has 6 atom stereocenters. The molecule has 3 aliphatic rings. The first kappa shape index (κ1) is 13.9. The maximum atomic E-state index is 12.2. The first-order valence-electron chi connectivity index (χ1n) is 6.84. The molecule has 0 aromatic rings. The van der Waals surface area contributed by atoms with E-state index in [0.29, 0.717) is 17.6 Å². The van der Waals surface area contributed by atoms with Crippen molar-refractivity contribution in [2.75, 3.05) is 6.61 Å². The van der Waals surface area contributed by atoms with Gasteiger partial charge in [-0.05, 0) is 30.6 Å². The maximum Gasteiger partial charge on any atom is 0.187 e. The molecule has 0 radical (unpaired) electrons. The van der Waals surface area contributed by atoms with E-state index in [1.54, 1.807) is 13.0 Å². The minimum absolute atomic E-state index is 0.324. The van der Waals surface area contributed by atoms with Crippen LogP contribution in [0, 0.1) is 10.8 Å². The predicted molar refractivity (Wildman–Crippen MR) is 70.8 cm³/mol. The summed E-state index contributed by atoms with van der Waals surface area (Å²) in [6, 6.07) is 0. The number of hydrogen-bond donors (Lipinski definition) is 3. The molecule has 0 aromatic heterocycles. The summed E-state index contributed by atoms with van der Waals surface area (Å²) in [7, 11) is 0. The van der Waals surface area contributed by atoms with Crippen LogP contribution in [0.25, 0.3) is 0 Å². The Morgan fingerprint density at radius 2 is 2.15 bits per heavy atom. The fourth-order valence-electron chi connectivity index (χ4n) is 4.21. The van der Waals surface area contributed by atoms with Crippen LogP contribution in [-0.2, 0) is 9.53 Å². The zero-order chi connectivity index (χ0) is 14.9. The van der Waals surface area contributed by atoms with Gasteiger partial charge in [-0.2, -0.15) is 0 Å². The van der Waals surface area contributed by atoms with Gasteiger partial charge in [-0.25, -0.2) is 0 Å². The summed E-state index contributed by atoms with van der Waals surface area (Å²) in [5.41, 5.74) is -0.831. The molecule has 110 valence electrons. The number of ether oxygens (including phenoxy) is 1. The van der Waals surface area contributed by atoms with Gasteiger partial charge in [0.05, 0.1) is 24.2 Å². The van der Waals surface area contributed by atoms with Gasteiger partial charge in [0, 0.05) is 5.41 Å². The second-order valence-corrected chi connectivity index (χ2v) is 6.42. The molecule has 0 unspecified atom stereocenters. The predicted octanol–water partition coefficient (Wildman–Crippen LogP) is -0.0505. The van der Waals surface area contributed by atoms with Crippen LogP contribution in [0.5, 0.6) is 0 Å². The van der Waals surface area contributed by atoms with Crippen molar-refractivity contribution in [2.24, 2.45) is 10.8 Å². The van der Waals surface area contributed by atoms with Crippen LogP contribution in [0.4, 0.5) is 0 Å². The number of ketones is 1. The van der Waals surface area contributed by atoms with Crippen LogP contribution in [0.3, 0.4) is 0 Å². The van der Waals surface area contributed by atoms with Crippen LogP contribution in [0.15, 0.2) is 23.8 Å². The summed E-state index contributed by atoms with van der Waals surface area (Å²) >= 11 is 0. The van der Waals surface area contributed by atoms with E-state index in [1.807, 2.05) is 6.92 Å². The van der Waals surface area contributed by atoms with Crippen molar-refractivity contribution in [1.29, 1.82) is 0 Å². The lowest BCUT2D eigenvalue weighted by atomic mass is 9.53. The van der Waals surface area contributed by atoms with E-state index < -0.39 is 47.6 Å². The number of hydrogen-bond acceptors (Lipinski definition) is 5. The zero-order valence-electron chi connectivity index (χ0n) is 11.7. The summed E-state index contributed by atoms with van der Waals surface area (Å²) in [5, 5.41) is 30.7. The Morgan fingerprint density at radius 3 is 2.75 bits per heavy atom. The maximum absolute atomic E-state index is 12.2. The Kier molecular flexibility index (Phi) is 2.80. The van der Waals surface area contributed by atoms with Gasteiger partial charge in [0.15, 0.2) is 5.78 Å². The Labute approximate surface area is 117 Å². The average Bonchev–Trinajstić information content (AvgIpc) is 2.55. The van der Waals surface area contributed by atoms with Crippen molar-refractivity contribution in [2.45, 2.75) is 44.7 Å². The fourth-order valence-corrected chi connectivity index (χ4v) is 4.21. The molecular weight excluding hydrogens is 260 g/mol. The lowest BCUT2D eigenvalue weighted by molar-refractivity contribution is -0.192.